The molecule has 24 heavy (non-hydrogen) atoms. The van der Waals surface area contributed by atoms with Gasteiger partial charge in [-0.1, -0.05) is 44.2 Å². The van der Waals surface area contributed by atoms with Crippen molar-refractivity contribution >= 4 is 5.69 Å². The molecule has 1 saturated heterocycles. The molecule has 1 aliphatic carbocycles. The van der Waals surface area contributed by atoms with Crippen LogP contribution in [-0.4, -0.2) is 24.5 Å². The van der Waals surface area contributed by atoms with Gasteiger partial charge in [0.15, 0.2) is 0 Å². The van der Waals surface area contributed by atoms with E-state index < -0.39 is 0 Å². The monoisotopic (exact) mass is 328 g/mol. The van der Waals surface area contributed by atoms with Crippen LogP contribution in [0.15, 0.2) is 18.2 Å². The highest BCUT2D eigenvalue weighted by molar-refractivity contribution is 5.49. The van der Waals surface area contributed by atoms with E-state index in [-0.39, 0.29) is 0 Å². The van der Waals surface area contributed by atoms with Crippen LogP contribution >= 0.6 is 0 Å². The predicted octanol–water partition coefficient (Wildman–Crippen LogP) is 5.19. The summed E-state index contributed by atoms with van der Waals surface area (Å²) in [6, 6.07) is 6.57. The SMILES string of the molecule is Cc1ccc(CC2CCN(CC3CCCCCCC3)CC2)c(N)c1. The summed E-state index contributed by atoms with van der Waals surface area (Å²) in [7, 11) is 0. The van der Waals surface area contributed by atoms with Crippen LogP contribution in [0.25, 0.3) is 0 Å². The molecule has 0 atom stereocenters. The third-order valence-electron chi connectivity index (χ3n) is 6.26. The maximum absolute atomic E-state index is 6.21. The fraction of sp³-hybridized carbons (Fsp3) is 0.727. The zero-order valence-electron chi connectivity index (χ0n) is 15.6. The molecule has 1 aromatic rings. The zero-order chi connectivity index (χ0) is 16.8. The van der Waals surface area contributed by atoms with Crippen LogP contribution in [0.2, 0.25) is 0 Å². The molecule has 0 aromatic heterocycles. The molecular formula is C22H36N2. The van der Waals surface area contributed by atoms with E-state index in [1.165, 1.54) is 95.0 Å². The van der Waals surface area contributed by atoms with E-state index >= 15 is 0 Å². The molecular weight excluding hydrogens is 292 g/mol. The van der Waals surface area contributed by atoms with Crippen LogP contribution in [-0.2, 0) is 6.42 Å². The second-order valence-corrected chi connectivity index (χ2v) is 8.36. The molecule has 2 heteroatoms. The Kier molecular flexibility index (Phi) is 6.59. The van der Waals surface area contributed by atoms with E-state index in [0.29, 0.717) is 0 Å². The van der Waals surface area contributed by atoms with Crippen molar-refractivity contribution < 1.29 is 0 Å². The van der Waals surface area contributed by atoms with Gasteiger partial charge in [-0.2, -0.15) is 0 Å². The van der Waals surface area contributed by atoms with Crippen molar-refractivity contribution in [2.75, 3.05) is 25.4 Å². The molecule has 1 aromatic carbocycles. The molecule has 0 amide bonds. The first kappa shape index (κ1) is 17.8. The van der Waals surface area contributed by atoms with Gasteiger partial charge in [-0.15, -0.1) is 0 Å². The quantitative estimate of drug-likeness (QED) is 0.770. The highest BCUT2D eigenvalue weighted by Gasteiger charge is 2.22. The van der Waals surface area contributed by atoms with Crippen molar-refractivity contribution in [1.82, 2.24) is 4.90 Å². The Bertz CT molecular complexity index is 495. The Labute approximate surface area is 148 Å². The predicted molar refractivity (Wildman–Crippen MR) is 104 cm³/mol. The summed E-state index contributed by atoms with van der Waals surface area (Å²) in [5.74, 6) is 1.79. The second-order valence-electron chi connectivity index (χ2n) is 8.36. The van der Waals surface area contributed by atoms with Gasteiger partial charge in [0.05, 0.1) is 0 Å². The molecule has 1 saturated carbocycles. The molecule has 0 radical (unpaired) electrons. The number of hydrogen-bond donors (Lipinski definition) is 1. The molecule has 2 N–H and O–H groups in total. The summed E-state index contributed by atoms with van der Waals surface area (Å²) in [4.78, 5) is 2.75. The number of aryl methyl sites for hydroxylation is 1. The van der Waals surface area contributed by atoms with Gasteiger partial charge >= 0.3 is 0 Å². The van der Waals surface area contributed by atoms with Gasteiger partial charge in [0.2, 0.25) is 0 Å². The lowest BCUT2D eigenvalue weighted by Crippen LogP contribution is -2.37. The Balaban J connectivity index is 1.43. The van der Waals surface area contributed by atoms with Crippen LogP contribution < -0.4 is 5.73 Å². The number of nitrogens with zero attached hydrogens (tertiary/aromatic N) is 1. The van der Waals surface area contributed by atoms with Crippen molar-refractivity contribution in [3.8, 4) is 0 Å². The van der Waals surface area contributed by atoms with Crippen LogP contribution in [0, 0.1) is 18.8 Å². The third kappa shape index (κ3) is 5.24. The van der Waals surface area contributed by atoms with Crippen LogP contribution in [0.4, 0.5) is 5.69 Å². The van der Waals surface area contributed by atoms with Gasteiger partial charge in [-0.25, -0.2) is 0 Å². The van der Waals surface area contributed by atoms with Gasteiger partial charge in [0.25, 0.3) is 0 Å². The van der Waals surface area contributed by atoms with Crippen molar-refractivity contribution in [2.45, 2.75) is 71.1 Å². The summed E-state index contributed by atoms with van der Waals surface area (Å²) < 4.78 is 0. The lowest BCUT2D eigenvalue weighted by Gasteiger charge is -2.35. The van der Waals surface area contributed by atoms with E-state index in [4.69, 9.17) is 5.73 Å². The van der Waals surface area contributed by atoms with Gasteiger partial charge in [-0.3, -0.25) is 0 Å². The summed E-state index contributed by atoms with van der Waals surface area (Å²) in [5, 5.41) is 0. The maximum Gasteiger partial charge on any atom is 0.0349 e. The molecule has 1 aliphatic heterocycles. The van der Waals surface area contributed by atoms with Gasteiger partial charge in [0, 0.05) is 12.2 Å². The Morgan fingerprint density at radius 2 is 1.58 bits per heavy atom. The molecule has 1 heterocycles. The molecule has 2 nitrogen and oxygen atoms in total. The number of piperidine rings is 1. The van der Waals surface area contributed by atoms with Crippen LogP contribution in [0.5, 0.6) is 0 Å². The zero-order valence-corrected chi connectivity index (χ0v) is 15.6. The van der Waals surface area contributed by atoms with Crippen molar-refractivity contribution in [3.05, 3.63) is 29.3 Å². The van der Waals surface area contributed by atoms with Gasteiger partial charge in [0.1, 0.15) is 0 Å². The Hall–Kier alpha value is -1.02. The van der Waals surface area contributed by atoms with E-state index in [0.717, 1.165) is 17.5 Å². The number of hydrogen-bond acceptors (Lipinski definition) is 2. The summed E-state index contributed by atoms with van der Waals surface area (Å²) >= 11 is 0. The minimum Gasteiger partial charge on any atom is -0.398 e. The van der Waals surface area contributed by atoms with E-state index in [1.807, 2.05) is 0 Å². The van der Waals surface area contributed by atoms with E-state index in [1.54, 1.807) is 0 Å². The van der Waals surface area contributed by atoms with Gasteiger partial charge < -0.3 is 10.6 Å². The average molecular weight is 329 g/mol. The average Bonchev–Trinajstić information content (AvgIpc) is 2.54. The number of rotatable bonds is 4. The topological polar surface area (TPSA) is 29.3 Å². The number of likely N-dealkylation sites (tertiary alicyclic amines) is 1. The first-order valence-corrected chi connectivity index (χ1v) is 10.3. The van der Waals surface area contributed by atoms with Crippen molar-refractivity contribution in [2.24, 2.45) is 11.8 Å². The first-order chi connectivity index (χ1) is 11.7. The summed E-state index contributed by atoms with van der Waals surface area (Å²) in [6.07, 6.45) is 14.2. The number of anilines is 1. The summed E-state index contributed by atoms with van der Waals surface area (Å²) in [6.45, 7) is 6.08. The first-order valence-electron chi connectivity index (χ1n) is 10.3. The molecule has 2 fully saturated rings. The fourth-order valence-electron chi connectivity index (χ4n) is 4.67. The van der Waals surface area contributed by atoms with E-state index in [2.05, 4.69) is 30.0 Å². The van der Waals surface area contributed by atoms with E-state index in [9.17, 15) is 0 Å². The summed E-state index contributed by atoms with van der Waals surface area (Å²) in [5.41, 5.74) is 9.83. The third-order valence-corrected chi connectivity index (χ3v) is 6.26. The lowest BCUT2D eigenvalue weighted by molar-refractivity contribution is 0.149. The Morgan fingerprint density at radius 3 is 2.25 bits per heavy atom. The number of benzene rings is 1. The minimum atomic E-state index is 0.823. The molecule has 0 unspecified atom stereocenters. The van der Waals surface area contributed by atoms with Crippen LogP contribution in [0.1, 0.15) is 68.9 Å². The molecule has 134 valence electrons. The largest absolute Gasteiger partial charge is 0.398 e. The normalized spacial score (nSPS) is 22.2. The van der Waals surface area contributed by atoms with Crippen LogP contribution in [0.3, 0.4) is 0 Å². The fourth-order valence-corrected chi connectivity index (χ4v) is 4.67. The minimum absolute atomic E-state index is 0.823. The Morgan fingerprint density at radius 1 is 0.917 bits per heavy atom. The second kappa shape index (κ2) is 8.89. The number of nitrogens with two attached hydrogens (primary N) is 1. The molecule has 0 spiro atoms. The molecule has 3 rings (SSSR count). The molecule has 2 aliphatic rings. The molecule has 0 bridgehead atoms. The van der Waals surface area contributed by atoms with Crippen molar-refractivity contribution in [3.63, 3.8) is 0 Å². The number of nitrogen functional groups attached to an aromatic ring is 1. The van der Waals surface area contributed by atoms with Gasteiger partial charge in [-0.05, 0) is 81.1 Å². The van der Waals surface area contributed by atoms with Crippen molar-refractivity contribution in [1.29, 1.82) is 0 Å². The maximum atomic E-state index is 6.21. The smallest absolute Gasteiger partial charge is 0.0349 e. The lowest BCUT2D eigenvalue weighted by atomic mass is 9.87. The highest BCUT2D eigenvalue weighted by Crippen LogP contribution is 2.28. The standard InChI is InChI=1S/C22H36N2/c1-18-9-10-21(22(23)15-18)16-19-11-13-24(14-12-19)17-20-7-5-3-2-4-6-8-20/h9-10,15,19-20H,2-8,11-14,16-17,23H2,1H3. The highest BCUT2D eigenvalue weighted by atomic mass is 15.1.